The average molecular weight is 971 g/mol. The molecule has 0 aliphatic heterocycles. The normalized spacial score (nSPS) is 12.8. The standard InChI is InChI=1S/C63H119NO5/c1-3-5-7-9-11-13-15-32-35-39-43-47-51-55-61(66)60(59-65)64-62(67)56-52-48-44-40-36-33-30-28-26-24-22-20-18-17-19-21-23-25-27-29-31-34-38-42-46-50-54-58-69-63(68)57-53-49-45-41-37-16-14-12-10-8-6-4-2/h17-18,21,23,51,55,60-61,65-66H,3-16,19-20,22,24-50,52-54,56-59H2,1-2H3,(H,64,67)/b18-17-,23-21-,55-51+. The van der Waals surface area contributed by atoms with Crippen molar-refractivity contribution in [2.75, 3.05) is 13.2 Å². The predicted molar refractivity (Wildman–Crippen MR) is 301 cm³/mol. The van der Waals surface area contributed by atoms with Crippen molar-refractivity contribution in [3.8, 4) is 0 Å². The maximum absolute atomic E-state index is 12.4. The van der Waals surface area contributed by atoms with Gasteiger partial charge in [-0.3, -0.25) is 9.59 Å². The monoisotopic (exact) mass is 970 g/mol. The fraction of sp³-hybridized carbons (Fsp3) is 0.873. The number of aliphatic hydroxyl groups is 2. The number of rotatable bonds is 57. The summed E-state index contributed by atoms with van der Waals surface area (Å²) in [6.07, 6.45) is 73.3. The van der Waals surface area contributed by atoms with Crippen LogP contribution in [0.1, 0.15) is 328 Å². The number of hydrogen-bond donors (Lipinski definition) is 3. The molecule has 0 aliphatic rings. The fourth-order valence-electron chi connectivity index (χ4n) is 9.43. The SMILES string of the molecule is CCCCCCCCCCCCC/C=C/C(O)C(CO)NC(=O)CCCCCCCCCCCCC/C=C\C/C=C\CCCCCCCCCCCOC(=O)CCCCCCCCCCCCCC. The lowest BCUT2D eigenvalue weighted by Crippen LogP contribution is -2.45. The molecule has 0 bridgehead atoms. The van der Waals surface area contributed by atoms with Gasteiger partial charge in [0.1, 0.15) is 0 Å². The first-order valence-corrected chi connectivity index (χ1v) is 30.8. The molecule has 0 saturated carbocycles. The summed E-state index contributed by atoms with van der Waals surface area (Å²) in [5.74, 6) is -0.0601. The fourth-order valence-corrected chi connectivity index (χ4v) is 9.43. The molecule has 0 aromatic rings. The van der Waals surface area contributed by atoms with Gasteiger partial charge in [0, 0.05) is 12.8 Å². The number of aliphatic hydroxyl groups excluding tert-OH is 2. The zero-order valence-corrected chi connectivity index (χ0v) is 46.3. The number of hydrogen-bond acceptors (Lipinski definition) is 5. The molecule has 406 valence electrons. The summed E-state index contributed by atoms with van der Waals surface area (Å²) < 4.78 is 5.47. The number of allylic oxidation sites excluding steroid dienone is 5. The van der Waals surface area contributed by atoms with Crippen molar-refractivity contribution in [2.24, 2.45) is 0 Å². The van der Waals surface area contributed by atoms with E-state index in [1.54, 1.807) is 6.08 Å². The molecule has 0 radical (unpaired) electrons. The Balaban J connectivity index is 3.43. The second kappa shape index (κ2) is 58.6. The molecule has 6 nitrogen and oxygen atoms in total. The summed E-state index contributed by atoms with van der Waals surface area (Å²) >= 11 is 0. The number of ether oxygens (including phenoxy) is 1. The molecule has 0 rings (SSSR count). The summed E-state index contributed by atoms with van der Waals surface area (Å²) in [5, 5.41) is 23.1. The van der Waals surface area contributed by atoms with Gasteiger partial charge in [-0.25, -0.2) is 0 Å². The van der Waals surface area contributed by atoms with Gasteiger partial charge in [-0.2, -0.15) is 0 Å². The molecule has 3 N–H and O–H groups in total. The molecule has 0 fully saturated rings. The van der Waals surface area contributed by atoms with Crippen molar-refractivity contribution in [1.82, 2.24) is 5.32 Å². The topological polar surface area (TPSA) is 95.9 Å². The predicted octanol–water partition coefficient (Wildman–Crippen LogP) is 19.2. The zero-order chi connectivity index (χ0) is 50.0. The minimum absolute atomic E-state index is 0.0108. The Bertz CT molecular complexity index is 1120. The van der Waals surface area contributed by atoms with E-state index >= 15 is 0 Å². The van der Waals surface area contributed by atoms with Gasteiger partial charge < -0.3 is 20.3 Å². The first-order valence-electron chi connectivity index (χ1n) is 30.8. The first kappa shape index (κ1) is 67.1. The van der Waals surface area contributed by atoms with E-state index in [1.807, 2.05) is 6.08 Å². The number of amides is 1. The number of carbonyl (C=O) groups excluding carboxylic acids is 2. The van der Waals surface area contributed by atoms with E-state index in [0.29, 0.717) is 19.4 Å². The van der Waals surface area contributed by atoms with Crippen LogP contribution in [0.4, 0.5) is 0 Å². The third-order valence-electron chi connectivity index (χ3n) is 14.2. The summed E-state index contributed by atoms with van der Waals surface area (Å²) in [5.41, 5.74) is 0. The summed E-state index contributed by atoms with van der Waals surface area (Å²) in [4.78, 5) is 24.5. The summed E-state index contributed by atoms with van der Waals surface area (Å²) in [6.45, 7) is 4.90. The van der Waals surface area contributed by atoms with Gasteiger partial charge in [-0.1, -0.05) is 288 Å². The van der Waals surface area contributed by atoms with Crippen molar-refractivity contribution in [1.29, 1.82) is 0 Å². The second-order valence-electron chi connectivity index (χ2n) is 21.0. The third-order valence-corrected chi connectivity index (χ3v) is 14.2. The maximum Gasteiger partial charge on any atom is 0.305 e. The zero-order valence-electron chi connectivity index (χ0n) is 46.3. The van der Waals surface area contributed by atoms with Crippen molar-refractivity contribution in [3.63, 3.8) is 0 Å². The highest BCUT2D eigenvalue weighted by atomic mass is 16.5. The van der Waals surface area contributed by atoms with Crippen molar-refractivity contribution in [3.05, 3.63) is 36.5 Å². The van der Waals surface area contributed by atoms with Crippen LogP contribution in [0.5, 0.6) is 0 Å². The number of unbranched alkanes of at least 4 members (excludes halogenated alkanes) is 42. The Morgan fingerprint density at radius 3 is 1.10 bits per heavy atom. The summed E-state index contributed by atoms with van der Waals surface area (Å²) in [6, 6.07) is -0.629. The van der Waals surface area contributed by atoms with Gasteiger partial charge in [-0.15, -0.1) is 0 Å². The van der Waals surface area contributed by atoms with Crippen LogP contribution >= 0.6 is 0 Å². The average Bonchev–Trinajstić information content (AvgIpc) is 3.35. The lowest BCUT2D eigenvalue weighted by molar-refractivity contribution is -0.143. The van der Waals surface area contributed by atoms with Crippen LogP contribution in [0.3, 0.4) is 0 Å². The van der Waals surface area contributed by atoms with E-state index in [-0.39, 0.29) is 18.5 Å². The molecule has 0 aromatic heterocycles. The smallest absolute Gasteiger partial charge is 0.305 e. The van der Waals surface area contributed by atoms with Gasteiger partial charge in [0.2, 0.25) is 5.91 Å². The van der Waals surface area contributed by atoms with Crippen LogP contribution in [0.25, 0.3) is 0 Å². The second-order valence-corrected chi connectivity index (χ2v) is 21.0. The largest absolute Gasteiger partial charge is 0.466 e. The molecule has 1 amide bonds. The van der Waals surface area contributed by atoms with Gasteiger partial charge in [-0.05, 0) is 64.2 Å². The van der Waals surface area contributed by atoms with Gasteiger partial charge in [0.15, 0.2) is 0 Å². The maximum atomic E-state index is 12.4. The van der Waals surface area contributed by atoms with Crippen LogP contribution in [-0.2, 0) is 14.3 Å². The van der Waals surface area contributed by atoms with Gasteiger partial charge >= 0.3 is 5.97 Å². The Hall–Kier alpha value is -1.92. The Morgan fingerprint density at radius 2 is 0.725 bits per heavy atom. The molecule has 0 spiro atoms. The molecule has 2 atom stereocenters. The van der Waals surface area contributed by atoms with Crippen molar-refractivity contribution >= 4 is 11.9 Å². The highest BCUT2D eigenvalue weighted by Crippen LogP contribution is 2.17. The van der Waals surface area contributed by atoms with E-state index in [1.165, 1.54) is 257 Å². The lowest BCUT2D eigenvalue weighted by atomic mass is 10.0. The van der Waals surface area contributed by atoms with E-state index in [0.717, 1.165) is 44.9 Å². The van der Waals surface area contributed by atoms with Gasteiger partial charge in [0.25, 0.3) is 0 Å². The minimum Gasteiger partial charge on any atom is -0.466 e. The highest BCUT2D eigenvalue weighted by molar-refractivity contribution is 5.76. The highest BCUT2D eigenvalue weighted by Gasteiger charge is 2.18. The molecule has 2 unspecified atom stereocenters. The molecular weight excluding hydrogens is 851 g/mol. The van der Waals surface area contributed by atoms with E-state index in [9.17, 15) is 19.8 Å². The lowest BCUT2D eigenvalue weighted by Gasteiger charge is -2.20. The Kier molecular flexibility index (Phi) is 57.0. The van der Waals surface area contributed by atoms with Gasteiger partial charge in [0.05, 0.1) is 25.4 Å². The third kappa shape index (κ3) is 55.2. The van der Waals surface area contributed by atoms with E-state index < -0.39 is 12.1 Å². The van der Waals surface area contributed by atoms with Crippen molar-refractivity contribution in [2.45, 2.75) is 341 Å². The first-order chi connectivity index (χ1) is 34.0. The molecule has 69 heavy (non-hydrogen) atoms. The molecule has 0 aliphatic carbocycles. The molecule has 0 aromatic carbocycles. The van der Waals surface area contributed by atoms with E-state index in [4.69, 9.17) is 4.74 Å². The minimum atomic E-state index is -0.846. The molecule has 6 heteroatoms. The number of carbonyl (C=O) groups is 2. The van der Waals surface area contributed by atoms with Crippen LogP contribution in [0.2, 0.25) is 0 Å². The molecular formula is C63H119NO5. The number of nitrogens with one attached hydrogen (secondary N) is 1. The summed E-state index contributed by atoms with van der Waals surface area (Å²) in [7, 11) is 0. The number of esters is 1. The Morgan fingerprint density at radius 1 is 0.406 bits per heavy atom. The molecule has 0 saturated heterocycles. The van der Waals surface area contributed by atoms with E-state index in [2.05, 4.69) is 43.5 Å². The molecule has 0 heterocycles. The van der Waals surface area contributed by atoms with Crippen LogP contribution in [0.15, 0.2) is 36.5 Å². The quantitative estimate of drug-likeness (QED) is 0.0321. The van der Waals surface area contributed by atoms with Crippen molar-refractivity contribution < 1.29 is 24.5 Å². The van der Waals surface area contributed by atoms with Crippen LogP contribution in [0, 0.1) is 0 Å². The van der Waals surface area contributed by atoms with Crippen LogP contribution in [-0.4, -0.2) is 47.4 Å². The Labute approximate surface area is 430 Å². The van der Waals surface area contributed by atoms with Crippen LogP contribution < -0.4 is 5.32 Å².